The van der Waals surface area contributed by atoms with E-state index >= 15 is 0 Å². The molecule has 0 aromatic carbocycles. The van der Waals surface area contributed by atoms with E-state index in [9.17, 15) is 5.11 Å². The zero-order valence-electron chi connectivity index (χ0n) is 12.2. The van der Waals surface area contributed by atoms with Crippen LogP contribution in [0.4, 0.5) is 0 Å². The average molecular weight is 278 g/mol. The molecule has 20 heavy (non-hydrogen) atoms. The SMILES string of the molecule is OC(CC1CCCC1)CN1CCC(n2cncn2)CC1. The van der Waals surface area contributed by atoms with Crippen molar-refractivity contribution in [3.8, 4) is 0 Å². The number of piperidine rings is 1. The van der Waals surface area contributed by atoms with Gasteiger partial charge in [0.05, 0.1) is 12.1 Å². The summed E-state index contributed by atoms with van der Waals surface area (Å²) in [7, 11) is 0. The van der Waals surface area contributed by atoms with E-state index in [1.165, 1.54) is 25.7 Å². The van der Waals surface area contributed by atoms with Gasteiger partial charge in [-0.05, 0) is 25.2 Å². The molecule has 1 aromatic rings. The van der Waals surface area contributed by atoms with Crippen LogP contribution in [0, 0.1) is 5.92 Å². The molecule has 1 saturated carbocycles. The van der Waals surface area contributed by atoms with Gasteiger partial charge in [-0.3, -0.25) is 0 Å². The Kier molecular flexibility index (Phi) is 4.68. The number of hydrogen-bond donors (Lipinski definition) is 1. The molecule has 2 aliphatic rings. The van der Waals surface area contributed by atoms with Gasteiger partial charge in [-0.15, -0.1) is 0 Å². The molecule has 0 bridgehead atoms. The summed E-state index contributed by atoms with van der Waals surface area (Å²) in [6.45, 7) is 2.97. The first-order valence-corrected chi connectivity index (χ1v) is 8.06. The van der Waals surface area contributed by atoms with Crippen molar-refractivity contribution in [1.29, 1.82) is 0 Å². The average Bonchev–Trinajstić information content (AvgIpc) is 3.12. The van der Waals surface area contributed by atoms with Crippen LogP contribution in [0.1, 0.15) is 51.0 Å². The normalized spacial score (nSPS) is 24.2. The summed E-state index contributed by atoms with van der Waals surface area (Å²) in [5, 5.41) is 14.5. The van der Waals surface area contributed by atoms with Gasteiger partial charge in [-0.25, -0.2) is 9.67 Å². The van der Waals surface area contributed by atoms with Crippen molar-refractivity contribution in [1.82, 2.24) is 19.7 Å². The smallest absolute Gasteiger partial charge is 0.137 e. The molecule has 5 heteroatoms. The van der Waals surface area contributed by atoms with E-state index in [2.05, 4.69) is 15.0 Å². The number of β-amino-alcohol motifs (C(OH)–C–C–N with tert-alkyl or cyclic N) is 1. The van der Waals surface area contributed by atoms with Gasteiger partial charge < -0.3 is 10.0 Å². The molecule has 1 aliphatic heterocycles. The lowest BCUT2D eigenvalue weighted by Gasteiger charge is -2.33. The summed E-state index contributed by atoms with van der Waals surface area (Å²) < 4.78 is 1.98. The fraction of sp³-hybridized carbons (Fsp3) is 0.867. The monoisotopic (exact) mass is 278 g/mol. The maximum absolute atomic E-state index is 10.2. The maximum atomic E-state index is 10.2. The second kappa shape index (κ2) is 6.68. The number of aromatic nitrogens is 3. The summed E-state index contributed by atoms with van der Waals surface area (Å²) in [4.78, 5) is 6.43. The van der Waals surface area contributed by atoms with E-state index in [4.69, 9.17) is 0 Å². The number of hydrogen-bond acceptors (Lipinski definition) is 4. The third-order valence-corrected chi connectivity index (χ3v) is 4.92. The lowest BCUT2D eigenvalue weighted by molar-refractivity contribution is 0.0729. The van der Waals surface area contributed by atoms with Crippen LogP contribution in [0.3, 0.4) is 0 Å². The van der Waals surface area contributed by atoms with E-state index < -0.39 is 0 Å². The van der Waals surface area contributed by atoms with Gasteiger partial charge in [0.15, 0.2) is 0 Å². The predicted molar refractivity (Wildman–Crippen MR) is 77.3 cm³/mol. The van der Waals surface area contributed by atoms with Gasteiger partial charge in [0.25, 0.3) is 0 Å². The molecule has 3 rings (SSSR count). The Morgan fingerprint density at radius 1 is 1.15 bits per heavy atom. The quantitative estimate of drug-likeness (QED) is 0.893. The van der Waals surface area contributed by atoms with Gasteiger partial charge in [0, 0.05) is 19.6 Å². The minimum absolute atomic E-state index is 0.138. The number of aliphatic hydroxyl groups excluding tert-OH is 1. The van der Waals surface area contributed by atoms with Gasteiger partial charge in [0.2, 0.25) is 0 Å². The minimum atomic E-state index is -0.138. The molecular weight excluding hydrogens is 252 g/mol. The lowest BCUT2D eigenvalue weighted by atomic mass is 9.98. The molecule has 112 valence electrons. The molecule has 1 unspecified atom stereocenters. The molecule has 1 saturated heterocycles. The van der Waals surface area contributed by atoms with Gasteiger partial charge in [-0.1, -0.05) is 25.7 Å². The first-order valence-electron chi connectivity index (χ1n) is 8.06. The fourth-order valence-corrected chi connectivity index (χ4v) is 3.78. The Morgan fingerprint density at radius 3 is 2.55 bits per heavy atom. The van der Waals surface area contributed by atoms with Crippen molar-refractivity contribution in [2.45, 2.75) is 57.1 Å². The number of aliphatic hydroxyl groups is 1. The van der Waals surface area contributed by atoms with Crippen LogP contribution in [0.15, 0.2) is 12.7 Å². The molecule has 5 nitrogen and oxygen atoms in total. The first kappa shape index (κ1) is 14.0. The molecule has 2 heterocycles. The minimum Gasteiger partial charge on any atom is -0.392 e. The van der Waals surface area contributed by atoms with E-state index in [1.807, 2.05) is 11.0 Å². The lowest BCUT2D eigenvalue weighted by Crippen LogP contribution is -2.39. The predicted octanol–water partition coefficient (Wildman–Crippen LogP) is 1.86. The third-order valence-electron chi connectivity index (χ3n) is 4.92. The maximum Gasteiger partial charge on any atom is 0.137 e. The van der Waals surface area contributed by atoms with Crippen molar-refractivity contribution < 1.29 is 5.11 Å². The van der Waals surface area contributed by atoms with Crippen LogP contribution in [-0.4, -0.2) is 50.5 Å². The van der Waals surface area contributed by atoms with Crippen molar-refractivity contribution in [2.75, 3.05) is 19.6 Å². The fourth-order valence-electron chi connectivity index (χ4n) is 3.78. The van der Waals surface area contributed by atoms with E-state index in [1.54, 1.807) is 6.33 Å². The topological polar surface area (TPSA) is 54.2 Å². The summed E-state index contributed by atoms with van der Waals surface area (Å²) in [6.07, 6.45) is 11.9. The molecule has 1 atom stereocenters. The van der Waals surface area contributed by atoms with E-state index in [0.29, 0.717) is 6.04 Å². The molecule has 1 aliphatic carbocycles. The standard InChI is InChI=1S/C15H26N4O/c20-15(9-13-3-1-2-4-13)10-18-7-5-14(6-8-18)19-12-16-11-17-19/h11-15,20H,1-10H2. The molecule has 1 aromatic heterocycles. The second-order valence-electron chi connectivity index (χ2n) is 6.45. The van der Waals surface area contributed by atoms with Gasteiger partial charge >= 0.3 is 0 Å². The summed E-state index contributed by atoms with van der Waals surface area (Å²) in [5.41, 5.74) is 0. The largest absolute Gasteiger partial charge is 0.392 e. The number of rotatable bonds is 5. The Morgan fingerprint density at radius 2 is 1.90 bits per heavy atom. The van der Waals surface area contributed by atoms with E-state index in [-0.39, 0.29) is 6.10 Å². The highest BCUT2D eigenvalue weighted by Crippen LogP contribution is 2.29. The van der Waals surface area contributed by atoms with Gasteiger partial charge in [-0.2, -0.15) is 5.10 Å². The Bertz CT molecular complexity index is 381. The number of likely N-dealkylation sites (tertiary alicyclic amines) is 1. The second-order valence-corrected chi connectivity index (χ2v) is 6.45. The van der Waals surface area contributed by atoms with Crippen molar-refractivity contribution in [3.05, 3.63) is 12.7 Å². The third kappa shape index (κ3) is 3.58. The van der Waals surface area contributed by atoms with E-state index in [0.717, 1.165) is 44.8 Å². The van der Waals surface area contributed by atoms with Crippen molar-refractivity contribution in [2.24, 2.45) is 5.92 Å². The highest BCUT2D eigenvalue weighted by Gasteiger charge is 2.24. The van der Waals surface area contributed by atoms with Crippen molar-refractivity contribution in [3.63, 3.8) is 0 Å². The molecule has 0 radical (unpaired) electrons. The van der Waals surface area contributed by atoms with Crippen LogP contribution in [0.5, 0.6) is 0 Å². The Balaban J connectivity index is 1.39. The van der Waals surface area contributed by atoms with Crippen molar-refractivity contribution >= 4 is 0 Å². The summed E-state index contributed by atoms with van der Waals surface area (Å²) >= 11 is 0. The van der Waals surface area contributed by atoms with Crippen LogP contribution in [-0.2, 0) is 0 Å². The number of nitrogens with zero attached hydrogens (tertiary/aromatic N) is 4. The Labute approximate surface area is 121 Å². The molecule has 0 amide bonds. The highest BCUT2D eigenvalue weighted by atomic mass is 16.3. The highest BCUT2D eigenvalue weighted by molar-refractivity contribution is 4.79. The zero-order chi connectivity index (χ0) is 13.8. The molecular formula is C15H26N4O. The summed E-state index contributed by atoms with van der Waals surface area (Å²) in [5.74, 6) is 0.776. The van der Waals surface area contributed by atoms with Crippen LogP contribution < -0.4 is 0 Å². The van der Waals surface area contributed by atoms with Crippen LogP contribution in [0.2, 0.25) is 0 Å². The van der Waals surface area contributed by atoms with Crippen LogP contribution >= 0.6 is 0 Å². The molecule has 0 spiro atoms. The zero-order valence-corrected chi connectivity index (χ0v) is 12.2. The Hall–Kier alpha value is -0.940. The van der Waals surface area contributed by atoms with Crippen LogP contribution in [0.25, 0.3) is 0 Å². The first-order chi connectivity index (χ1) is 9.81. The molecule has 1 N–H and O–H groups in total. The molecule has 2 fully saturated rings. The summed E-state index contributed by atoms with van der Waals surface area (Å²) in [6, 6.07) is 0.487. The van der Waals surface area contributed by atoms with Gasteiger partial charge in [0.1, 0.15) is 12.7 Å².